The molecule has 3 aromatic carbocycles. The monoisotopic (exact) mass is 392 g/mol. The van der Waals surface area contributed by atoms with Crippen molar-refractivity contribution < 1.29 is 13.6 Å². The van der Waals surface area contributed by atoms with Crippen LogP contribution in [-0.2, 0) is 0 Å². The lowest BCUT2D eigenvalue weighted by atomic mass is 9.99. The van der Waals surface area contributed by atoms with Crippen molar-refractivity contribution in [3.63, 3.8) is 0 Å². The third-order valence-electron chi connectivity index (χ3n) is 5.25. The fourth-order valence-corrected chi connectivity index (χ4v) is 3.68. The van der Waals surface area contributed by atoms with Gasteiger partial charge in [0.25, 0.3) is 5.91 Å². The Hall–Kier alpha value is -3.05. The van der Waals surface area contributed by atoms with E-state index in [0.717, 1.165) is 41.9 Å². The highest BCUT2D eigenvalue weighted by Gasteiger charge is 2.14. The fourth-order valence-electron chi connectivity index (χ4n) is 3.68. The molecule has 0 saturated heterocycles. The lowest BCUT2D eigenvalue weighted by Crippen LogP contribution is -2.37. The molecule has 1 amide bonds. The van der Waals surface area contributed by atoms with Crippen molar-refractivity contribution in [3.8, 4) is 0 Å². The Morgan fingerprint density at radius 1 is 0.966 bits per heavy atom. The number of carbonyl (C=O) groups is 1. The maximum Gasteiger partial charge on any atom is 0.251 e. The van der Waals surface area contributed by atoms with Crippen molar-refractivity contribution >= 4 is 22.3 Å². The minimum absolute atomic E-state index is 0.0840. The largest absolute Gasteiger partial charge is 0.351 e. The highest BCUT2D eigenvalue weighted by atomic mass is 19.1. The normalized spacial score (nSPS) is 14.6. The van der Waals surface area contributed by atoms with Gasteiger partial charge in [-0.1, -0.05) is 36.4 Å². The van der Waals surface area contributed by atoms with E-state index in [-0.39, 0.29) is 5.91 Å². The van der Waals surface area contributed by atoms with Crippen molar-refractivity contribution in [1.82, 2.24) is 10.2 Å². The van der Waals surface area contributed by atoms with E-state index in [1.165, 1.54) is 12.1 Å². The van der Waals surface area contributed by atoms with Crippen molar-refractivity contribution in [1.29, 1.82) is 0 Å². The van der Waals surface area contributed by atoms with Crippen molar-refractivity contribution in [3.05, 3.63) is 89.5 Å². The quantitative estimate of drug-likeness (QED) is 0.686. The van der Waals surface area contributed by atoms with Crippen LogP contribution in [0.15, 0.2) is 66.7 Å². The van der Waals surface area contributed by atoms with Crippen LogP contribution in [0.5, 0.6) is 0 Å². The summed E-state index contributed by atoms with van der Waals surface area (Å²) >= 11 is 0. The first-order chi connectivity index (χ1) is 14.1. The Labute approximate surface area is 168 Å². The molecule has 1 N–H and O–H groups in total. The van der Waals surface area contributed by atoms with Crippen LogP contribution < -0.4 is 5.32 Å². The minimum atomic E-state index is -0.556. The van der Waals surface area contributed by atoms with Gasteiger partial charge in [-0.05, 0) is 52.6 Å². The van der Waals surface area contributed by atoms with Gasteiger partial charge in [-0.25, -0.2) is 8.78 Å². The van der Waals surface area contributed by atoms with E-state index in [1.54, 1.807) is 0 Å². The van der Waals surface area contributed by atoms with Crippen molar-refractivity contribution in [2.45, 2.75) is 6.42 Å². The molecular formula is C24H22F2N2O. The molecule has 0 unspecified atom stereocenters. The summed E-state index contributed by atoms with van der Waals surface area (Å²) in [7, 11) is 0. The van der Waals surface area contributed by atoms with Gasteiger partial charge in [0.05, 0.1) is 0 Å². The van der Waals surface area contributed by atoms with E-state index in [2.05, 4.69) is 10.2 Å². The van der Waals surface area contributed by atoms with Gasteiger partial charge in [0.1, 0.15) is 11.6 Å². The van der Waals surface area contributed by atoms with Crippen LogP contribution in [0.25, 0.3) is 16.3 Å². The minimum Gasteiger partial charge on any atom is -0.351 e. The number of hydrogen-bond donors (Lipinski definition) is 1. The first-order valence-electron chi connectivity index (χ1n) is 9.73. The third kappa shape index (κ3) is 4.69. The molecule has 0 spiro atoms. The number of carbonyl (C=O) groups excluding carboxylic acids is 1. The standard InChI is InChI=1S/C24H22F2N2O/c25-22-14-21(15-23(26)16-22)18-7-10-28(11-8-18)12-9-27-24(29)20-6-5-17-3-1-2-4-19(17)13-20/h1-7,13-16H,8-12H2,(H,27,29). The number of benzene rings is 3. The van der Waals surface area contributed by atoms with Gasteiger partial charge >= 0.3 is 0 Å². The molecule has 0 saturated carbocycles. The maximum absolute atomic E-state index is 13.4. The molecule has 5 heteroatoms. The summed E-state index contributed by atoms with van der Waals surface area (Å²) in [5, 5.41) is 5.12. The van der Waals surface area contributed by atoms with Crippen LogP contribution in [0.2, 0.25) is 0 Å². The zero-order valence-electron chi connectivity index (χ0n) is 16.0. The number of amides is 1. The van der Waals surface area contributed by atoms with Gasteiger partial charge in [0.15, 0.2) is 0 Å². The molecule has 0 fully saturated rings. The summed E-state index contributed by atoms with van der Waals surface area (Å²) in [6.07, 6.45) is 2.73. The summed E-state index contributed by atoms with van der Waals surface area (Å²) in [6.45, 7) is 2.75. The van der Waals surface area contributed by atoms with Crippen LogP contribution in [0, 0.1) is 11.6 Å². The molecule has 1 aliphatic rings. The molecule has 0 bridgehead atoms. The smallest absolute Gasteiger partial charge is 0.251 e. The highest BCUT2D eigenvalue weighted by Crippen LogP contribution is 2.23. The maximum atomic E-state index is 13.4. The number of hydrogen-bond acceptors (Lipinski definition) is 2. The van der Waals surface area contributed by atoms with Gasteiger partial charge < -0.3 is 5.32 Å². The van der Waals surface area contributed by atoms with Gasteiger partial charge in [-0.2, -0.15) is 0 Å². The third-order valence-corrected chi connectivity index (χ3v) is 5.25. The average Bonchev–Trinajstić information content (AvgIpc) is 2.73. The molecule has 0 atom stereocenters. The number of rotatable bonds is 5. The number of fused-ring (bicyclic) bond motifs is 1. The average molecular weight is 392 g/mol. The van der Waals surface area contributed by atoms with E-state index in [9.17, 15) is 13.6 Å². The number of nitrogens with zero attached hydrogens (tertiary/aromatic N) is 1. The molecule has 3 nitrogen and oxygen atoms in total. The van der Waals surface area contributed by atoms with E-state index in [4.69, 9.17) is 0 Å². The molecular weight excluding hydrogens is 370 g/mol. The molecule has 0 aromatic heterocycles. The van der Waals surface area contributed by atoms with E-state index >= 15 is 0 Å². The van der Waals surface area contributed by atoms with Crippen LogP contribution in [0.1, 0.15) is 22.3 Å². The Morgan fingerprint density at radius 3 is 2.45 bits per heavy atom. The lowest BCUT2D eigenvalue weighted by molar-refractivity contribution is 0.0949. The van der Waals surface area contributed by atoms with Gasteiger partial charge in [0.2, 0.25) is 0 Å². The predicted molar refractivity (Wildman–Crippen MR) is 112 cm³/mol. The van der Waals surface area contributed by atoms with Crippen molar-refractivity contribution in [2.75, 3.05) is 26.2 Å². The van der Waals surface area contributed by atoms with Gasteiger partial charge in [0, 0.05) is 37.8 Å². The fraction of sp³-hybridized carbons (Fsp3) is 0.208. The number of halogens is 2. The molecule has 29 heavy (non-hydrogen) atoms. The summed E-state index contributed by atoms with van der Waals surface area (Å²) in [4.78, 5) is 14.6. The Morgan fingerprint density at radius 2 is 1.72 bits per heavy atom. The van der Waals surface area contributed by atoms with Gasteiger partial charge in [-0.15, -0.1) is 0 Å². The second-order valence-electron chi connectivity index (χ2n) is 7.26. The molecule has 3 aromatic rings. The second kappa shape index (κ2) is 8.53. The SMILES string of the molecule is O=C(NCCN1CC=C(c2cc(F)cc(F)c2)CC1)c1ccc2ccccc2c1. The van der Waals surface area contributed by atoms with Crippen LogP contribution >= 0.6 is 0 Å². The highest BCUT2D eigenvalue weighted by molar-refractivity contribution is 5.98. The van der Waals surface area contributed by atoms with Crippen LogP contribution in [0.3, 0.4) is 0 Å². The Kier molecular flexibility index (Phi) is 5.67. The topological polar surface area (TPSA) is 32.3 Å². The second-order valence-corrected chi connectivity index (χ2v) is 7.26. The molecule has 1 heterocycles. The Bertz CT molecular complexity index is 1060. The van der Waals surface area contributed by atoms with E-state index in [1.807, 2.05) is 48.5 Å². The zero-order valence-corrected chi connectivity index (χ0v) is 16.0. The summed E-state index contributed by atoms with van der Waals surface area (Å²) < 4.78 is 26.8. The van der Waals surface area contributed by atoms with Gasteiger partial charge in [-0.3, -0.25) is 9.69 Å². The Balaban J connectivity index is 1.30. The van der Waals surface area contributed by atoms with Crippen molar-refractivity contribution in [2.24, 2.45) is 0 Å². The molecule has 1 aliphatic heterocycles. The number of nitrogens with one attached hydrogen (secondary N) is 1. The molecule has 148 valence electrons. The predicted octanol–water partition coefficient (Wildman–Crippen LogP) is 4.64. The summed E-state index contributed by atoms with van der Waals surface area (Å²) in [5.41, 5.74) is 2.21. The first-order valence-corrected chi connectivity index (χ1v) is 9.73. The van der Waals surface area contributed by atoms with E-state index < -0.39 is 11.6 Å². The summed E-state index contributed by atoms with van der Waals surface area (Å²) in [5.74, 6) is -1.20. The lowest BCUT2D eigenvalue weighted by Gasteiger charge is -2.26. The zero-order chi connectivity index (χ0) is 20.2. The molecule has 4 rings (SSSR count). The van der Waals surface area contributed by atoms with E-state index in [0.29, 0.717) is 24.2 Å². The first kappa shape index (κ1) is 19.3. The summed E-state index contributed by atoms with van der Waals surface area (Å²) in [6, 6.07) is 17.3. The molecule has 0 aliphatic carbocycles. The van der Waals surface area contributed by atoms with Crippen LogP contribution in [0.4, 0.5) is 8.78 Å². The van der Waals surface area contributed by atoms with Crippen LogP contribution in [-0.4, -0.2) is 37.0 Å². The molecule has 0 radical (unpaired) electrons.